The van der Waals surface area contributed by atoms with Gasteiger partial charge in [0.2, 0.25) is 0 Å². The van der Waals surface area contributed by atoms with E-state index >= 15 is 0 Å². The van der Waals surface area contributed by atoms with Crippen LogP contribution in [-0.2, 0) is 0 Å². The molecule has 0 bridgehead atoms. The normalized spacial score (nSPS) is 16.1. The number of rotatable bonds is 1. The topological polar surface area (TPSA) is 0 Å². The second-order valence-corrected chi connectivity index (χ2v) is 17.6. The van der Waals surface area contributed by atoms with Gasteiger partial charge in [-0.25, -0.2) is 0 Å². The van der Waals surface area contributed by atoms with Crippen LogP contribution < -0.4 is 10.4 Å². The lowest BCUT2D eigenvalue weighted by molar-refractivity contribution is 1.61. The number of fused-ring (bicyclic) bond motifs is 1. The third-order valence-corrected chi connectivity index (χ3v) is 16.5. The zero-order valence-corrected chi connectivity index (χ0v) is 19.1. The standard InChI is InChI=1S/C26H26Si2/c1-27(2)24-17-11-12-18-25(24)28(3,4)26(27)23(22-15-9-6-10-16-22)20-19-21-13-7-5-8-14-21/h5-18H,1-4H3. The van der Waals surface area contributed by atoms with Gasteiger partial charge in [0.25, 0.3) is 0 Å². The summed E-state index contributed by atoms with van der Waals surface area (Å²) in [6.07, 6.45) is 0. The largest absolute Gasteiger partial charge is 0.105 e. The summed E-state index contributed by atoms with van der Waals surface area (Å²) < 4.78 is 0. The van der Waals surface area contributed by atoms with Crippen molar-refractivity contribution in [1.29, 1.82) is 0 Å². The van der Waals surface area contributed by atoms with E-state index in [-0.39, 0.29) is 0 Å². The Morgan fingerprint density at radius 3 is 1.61 bits per heavy atom. The molecule has 1 aliphatic heterocycles. The van der Waals surface area contributed by atoms with Gasteiger partial charge in [0.05, 0.1) is 0 Å². The van der Waals surface area contributed by atoms with Crippen molar-refractivity contribution in [1.82, 2.24) is 0 Å². The number of hydrogen-bond donors (Lipinski definition) is 0. The van der Waals surface area contributed by atoms with Crippen LogP contribution in [0.5, 0.6) is 0 Å². The van der Waals surface area contributed by atoms with Crippen molar-refractivity contribution in [3.05, 3.63) is 101 Å². The van der Waals surface area contributed by atoms with Gasteiger partial charge in [-0.2, -0.15) is 0 Å². The Labute approximate surface area is 171 Å². The Morgan fingerprint density at radius 1 is 0.607 bits per heavy atom. The van der Waals surface area contributed by atoms with E-state index in [1.54, 1.807) is 15.2 Å². The molecule has 0 aliphatic carbocycles. The van der Waals surface area contributed by atoms with Crippen LogP contribution in [0.1, 0.15) is 11.1 Å². The van der Waals surface area contributed by atoms with Crippen molar-refractivity contribution in [3.8, 4) is 11.8 Å². The molecule has 0 atom stereocenters. The first-order chi connectivity index (χ1) is 13.4. The smallest absolute Gasteiger partial charge is 0.0659 e. The molecule has 1 heterocycles. The van der Waals surface area contributed by atoms with Crippen LogP contribution in [0.4, 0.5) is 0 Å². The van der Waals surface area contributed by atoms with Crippen LogP contribution in [0, 0.1) is 11.8 Å². The summed E-state index contributed by atoms with van der Waals surface area (Å²) in [6, 6.07) is 30.3. The van der Waals surface area contributed by atoms with E-state index in [0.29, 0.717) is 0 Å². The average Bonchev–Trinajstić information content (AvgIpc) is 2.87. The van der Waals surface area contributed by atoms with Gasteiger partial charge < -0.3 is 0 Å². The molecule has 3 aromatic rings. The van der Waals surface area contributed by atoms with Crippen LogP contribution in [-0.4, -0.2) is 16.1 Å². The zero-order valence-electron chi connectivity index (χ0n) is 17.1. The third kappa shape index (κ3) is 3.11. The van der Waals surface area contributed by atoms with E-state index in [4.69, 9.17) is 0 Å². The van der Waals surface area contributed by atoms with Crippen molar-refractivity contribution in [2.75, 3.05) is 0 Å². The first-order valence-electron chi connectivity index (χ1n) is 9.90. The lowest BCUT2D eigenvalue weighted by Gasteiger charge is -2.28. The Bertz CT molecular complexity index is 1060. The van der Waals surface area contributed by atoms with E-state index in [2.05, 4.69) is 117 Å². The fourth-order valence-electron chi connectivity index (χ4n) is 4.79. The van der Waals surface area contributed by atoms with Gasteiger partial charge in [-0.3, -0.25) is 0 Å². The molecule has 0 spiro atoms. The lowest BCUT2D eigenvalue weighted by atomic mass is 10.1. The molecule has 0 saturated heterocycles. The highest BCUT2D eigenvalue weighted by atomic mass is 28.4. The second kappa shape index (κ2) is 7.09. The van der Waals surface area contributed by atoms with Crippen molar-refractivity contribution in [2.24, 2.45) is 0 Å². The van der Waals surface area contributed by atoms with Crippen LogP contribution in [0.3, 0.4) is 0 Å². The van der Waals surface area contributed by atoms with Crippen molar-refractivity contribution in [3.63, 3.8) is 0 Å². The van der Waals surface area contributed by atoms with Gasteiger partial charge in [0, 0.05) is 11.1 Å². The lowest BCUT2D eigenvalue weighted by Crippen LogP contribution is -2.43. The summed E-state index contributed by atoms with van der Waals surface area (Å²) in [4.78, 5) is 1.68. The molecule has 1 aliphatic rings. The summed E-state index contributed by atoms with van der Waals surface area (Å²) in [5.74, 6) is 7.10. The van der Waals surface area contributed by atoms with Gasteiger partial charge in [-0.15, -0.1) is 0 Å². The maximum Gasteiger partial charge on any atom is 0.105 e. The minimum absolute atomic E-state index is 1.07. The quantitative estimate of drug-likeness (QED) is 0.397. The van der Waals surface area contributed by atoms with Crippen molar-refractivity contribution in [2.45, 2.75) is 26.2 Å². The third-order valence-electron chi connectivity index (χ3n) is 5.94. The summed E-state index contributed by atoms with van der Waals surface area (Å²) in [7, 11) is -3.54. The van der Waals surface area contributed by atoms with Crippen LogP contribution in [0.2, 0.25) is 26.2 Å². The molecule has 0 aromatic heterocycles. The van der Waals surface area contributed by atoms with E-state index in [1.807, 2.05) is 6.07 Å². The Kier molecular flexibility index (Phi) is 4.75. The Morgan fingerprint density at radius 2 is 1.07 bits per heavy atom. The molecule has 28 heavy (non-hydrogen) atoms. The zero-order chi connectivity index (χ0) is 19.8. The maximum atomic E-state index is 3.64. The highest BCUT2D eigenvalue weighted by molar-refractivity contribution is 7.23. The fourth-order valence-corrected chi connectivity index (χ4v) is 18.5. The van der Waals surface area contributed by atoms with E-state index < -0.39 is 16.1 Å². The summed E-state index contributed by atoms with van der Waals surface area (Å²) in [5, 5.41) is 3.22. The molecule has 4 rings (SSSR count). The molecule has 0 radical (unpaired) electrons. The molecule has 0 saturated carbocycles. The van der Waals surface area contributed by atoms with Crippen LogP contribution >= 0.6 is 0 Å². The van der Waals surface area contributed by atoms with Crippen LogP contribution in [0.15, 0.2) is 89.7 Å². The summed E-state index contributed by atoms with van der Waals surface area (Å²) in [5.41, 5.74) is 3.61. The van der Waals surface area contributed by atoms with Crippen LogP contribution in [0.25, 0.3) is 5.57 Å². The van der Waals surface area contributed by atoms with Gasteiger partial charge in [-0.1, -0.05) is 126 Å². The molecule has 3 aromatic carbocycles. The predicted octanol–water partition coefficient (Wildman–Crippen LogP) is 5.11. The maximum absolute atomic E-state index is 3.64. The van der Waals surface area contributed by atoms with E-state index in [1.165, 1.54) is 11.1 Å². The monoisotopic (exact) mass is 394 g/mol. The summed E-state index contributed by atoms with van der Waals surface area (Å²) >= 11 is 0. The predicted molar refractivity (Wildman–Crippen MR) is 127 cm³/mol. The Hall–Kier alpha value is -2.61. The van der Waals surface area contributed by atoms with E-state index in [0.717, 1.165) is 5.56 Å². The molecular formula is C26H26Si2. The number of benzene rings is 3. The first kappa shape index (κ1) is 18.7. The molecule has 0 fully saturated rings. The molecule has 0 nitrogen and oxygen atoms in total. The fraction of sp³-hybridized carbons (Fsp3) is 0.154. The minimum Gasteiger partial charge on any atom is -0.0659 e. The molecule has 0 unspecified atom stereocenters. The average molecular weight is 395 g/mol. The molecule has 0 amide bonds. The highest BCUT2D eigenvalue weighted by Gasteiger charge is 2.50. The number of allylic oxidation sites excluding steroid dienone is 1. The van der Waals surface area contributed by atoms with Crippen molar-refractivity contribution >= 4 is 32.1 Å². The SMILES string of the molecule is C[Si]1(C)C(=C(C#Cc2ccccc2)c2ccccc2)[Si](C)(C)c2ccccc21. The molecule has 0 N–H and O–H groups in total. The molecular weight excluding hydrogens is 368 g/mol. The molecule has 138 valence electrons. The van der Waals surface area contributed by atoms with Gasteiger partial charge in [-0.05, 0) is 17.7 Å². The Balaban J connectivity index is 2.01. The van der Waals surface area contributed by atoms with E-state index in [9.17, 15) is 0 Å². The van der Waals surface area contributed by atoms with Gasteiger partial charge in [0.15, 0.2) is 0 Å². The van der Waals surface area contributed by atoms with Gasteiger partial charge >= 0.3 is 0 Å². The second-order valence-electron chi connectivity index (χ2n) is 8.53. The molecule has 2 heteroatoms. The first-order valence-corrected chi connectivity index (χ1v) is 15.9. The summed E-state index contributed by atoms with van der Waals surface area (Å²) in [6.45, 7) is 10.0. The van der Waals surface area contributed by atoms with Crippen molar-refractivity contribution < 1.29 is 0 Å². The van der Waals surface area contributed by atoms with Gasteiger partial charge in [0.1, 0.15) is 16.1 Å². The number of hydrogen-bond acceptors (Lipinski definition) is 0. The highest BCUT2D eigenvalue weighted by Crippen LogP contribution is 2.36. The minimum atomic E-state index is -1.77.